The highest BCUT2D eigenvalue weighted by molar-refractivity contribution is 5.96. The van der Waals surface area contributed by atoms with Crippen molar-refractivity contribution in [2.75, 3.05) is 14.2 Å². The van der Waals surface area contributed by atoms with Gasteiger partial charge >= 0.3 is 0 Å². The Hall–Kier alpha value is -2.69. The first kappa shape index (κ1) is 24.3. The summed E-state index contributed by atoms with van der Waals surface area (Å²) < 4.78 is 5.08. The van der Waals surface area contributed by atoms with Crippen LogP contribution in [0.15, 0.2) is 24.3 Å². The molecule has 10 nitrogen and oxygen atoms in total. The maximum atomic E-state index is 12.8. The van der Waals surface area contributed by atoms with Gasteiger partial charge in [0, 0.05) is 13.5 Å². The van der Waals surface area contributed by atoms with Gasteiger partial charge in [-0.15, -0.1) is 0 Å². The standard InChI is InChI=1S/C19H29N3O7/c1-11(2)10-19(27,15(23)17(25)22-28)18(26)21-14(16(24)20-3)9-12-5-7-13(29-4)8-6-12/h5-8,11,14-15,23,27-28H,9-10H2,1-4H3,(H,20,24)(H,21,26)(H,22,25). The number of ether oxygens (including phenoxy) is 1. The van der Waals surface area contributed by atoms with Crippen LogP contribution in [0.25, 0.3) is 0 Å². The summed E-state index contributed by atoms with van der Waals surface area (Å²) in [5, 5.41) is 34.5. The summed E-state index contributed by atoms with van der Waals surface area (Å²) in [6.07, 6.45) is -2.42. The Morgan fingerprint density at radius 3 is 2.17 bits per heavy atom. The number of hydrogen-bond donors (Lipinski definition) is 6. The van der Waals surface area contributed by atoms with E-state index in [1.54, 1.807) is 38.1 Å². The summed E-state index contributed by atoms with van der Waals surface area (Å²) in [6.45, 7) is 3.35. The topological polar surface area (TPSA) is 157 Å². The average Bonchev–Trinajstić information content (AvgIpc) is 2.71. The van der Waals surface area contributed by atoms with E-state index in [0.29, 0.717) is 11.3 Å². The number of aliphatic hydroxyl groups excluding tert-OH is 1. The zero-order valence-corrected chi connectivity index (χ0v) is 16.9. The maximum absolute atomic E-state index is 12.8. The zero-order chi connectivity index (χ0) is 22.2. The second-order valence-corrected chi connectivity index (χ2v) is 7.09. The van der Waals surface area contributed by atoms with Crippen LogP contribution >= 0.6 is 0 Å². The minimum atomic E-state index is -2.55. The summed E-state index contributed by atoms with van der Waals surface area (Å²) in [5.74, 6) is -2.63. The molecule has 0 spiro atoms. The largest absolute Gasteiger partial charge is 0.497 e. The van der Waals surface area contributed by atoms with E-state index < -0.39 is 35.5 Å². The van der Waals surface area contributed by atoms with Gasteiger partial charge in [0.15, 0.2) is 11.7 Å². The quantitative estimate of drug-likeness (QED) is 0.215. The normalized spacial score (nSPS) is 15.0. The summed E-state index contributed by atoms with van der Waals surface area (Å²) in [7, 11) is 2.91. The van der Waals surface area contributed by atoms with Gasteiger partial charge < -0.3 is 25.6 Å². The minimum Gasteiger partial charge on any atom is -0.497 e. The van der Waals surface area contributed by atoms with Gasteiger partial charge in [-0.2, -0.15) is 0 Å². The zero-order valence-electron chi connectivity index (χ0n) is 16.9. The number of nitrogens with one attached hydrogen (secondary N) is 3. The van der Waals surface area contributed by atoms with Crippen LogP contribution in [-0.2, 0) is 20.8 Å². The molecule has 10 heteroatoms. The summed E-state index contributed by atoms with van der Waals surface area (Å²) in [4.78, 5) is 36.7. The van der Waals surface area contributed by atoms with E-state index in [2.05, 4.69) is 10.6 Å². The van der Waals surface area contributed by atoms with Crippen molar-refractivity contribution in [3.8, 4) is 5.75 Å². The lowest BCUT2D eigenvalue weighted by molar-refractivity contribution is -0.169. The summed E-state index contributed by atoms with van der Waals surface area (Å²) in [6, 6.07) is 5.75. The van der Waals surface area contributed by atoms with Crippen molar-refractivity contribution < 1.29 is 34.5 Å². The molecule has 0 bridgehead atoms. The molecular weight excluding hydrogens is 382 g/mol. The first-order valence-electron chi connectivity index (χ1n) is 9.08. The molecule has 0 fully saturated rings. The SMILES string of the molecule is CNC(=O)C(Cc1ccc(OC)cc1)NC(=O)C(O)(CC(C)C)C(O)C(=O)NO. The van der Waals surface area contributed by atoms with Crippen LogP contribution in [0.4, 0.5) is 0 Å². The number of hydrogen-bond acceptors (Lipinski definition) is 7. The van der Waals surface area contributed by atoms with Crippen LogP contribution in [0.2, 0.25) is 0 Å². The van der Waals surface area contributed by atoms with Gasteiger partial charge in [-0.1, -0.05) is 26.0 Å². The summed E-state index contributed by atoms with van der Waals surface area (Å²) >= 11 is 0. The Kier molecular flexibility index (Phi) is 9.02. The van der Waals surface area contributed by atoms with E-state index in [1.165, 1.54) is 19.6 Å². The van der Waals surface area contributed by atoms with Crippen molar-refractivity contribution in [2.45, 2.75) is 44.4 Å². The molecular formula is C19H29N3O7. The molecule has 0 aliphatic rings. The number of likely N-dealkylation sites (N-methyl/N-ethyl adjacent to an activating group) is 1. The van der Waals surface area contributed by atoms with Gasteiger partial charge in [-0.25, -0.2) is 5.48 Å². The lowest BCUT2D eigenvalue weighted by Gasteiger charge is -2.33. The van der Waals surface area contributed by atoms with Crippen LogP contribution in [0.3, 0.4) is 0 Å². The van der Waals surface area contributed by atoms with Crippen molar-refractivity contribution >= 4 is 17.7 Å². The molecule has 0 aliphatic heterocycles. The van der Waals surface area contributed by atoms with Gasteiger partial charge in [0.05, 0.1) is 7.11 Å². The van der Waals surface area contributed by atoms with Gasteiger partial charge in [0.2, 0.25) is 5.91 Å². The first-order valence-corrected chi connectivity index (χ1v) is 9.08. The van der Waals surface area contributed by atoms with Crippen molar-refractivity contribution in [3.63, 3.8) is 0 Å². The van der Waals surface area contributed by atoms with E-state index in [4.69, 9.17) is 9.94 Å². The fraction of sp³-hybridized carbons (Fsp3) is 0.526. The molecule has 0 aliphatic carbocycles. The molecule has 1 aromatic carbocycles. The number of carbonyl (C=O) groups is 3. The Labute approximate surface area is 169 Å². The van der Waals surface area contributed by atoms with E-state index in [1.807, 2.05) is 0 Å². The van der Waals surface area contributed by atoms with Gasteiger partial charge in [0.1, 0.15) is 11.8 Å². The lowest BCUT2D eigenvalue weighted by Crippen LogP contribution is -2.63. The van der Waals surface area contributed by atoms with E-state index >= 15 is 0 Å². The first-order chi connectivity index (χ1) is 13.6. The smallest absolute Gasteiger partial charge is 0.275 e. The fourth-order valence-corrected chi connectivity index (χ4v) is 2.89. The van der Waals surface area contributed by atoms with Crippen molar-refractivity contribution in [3.05, 3.63) is 29.8 Å². The highest BCUT2D eigenvalue weighted by atomic mass is 16.5. The highest BCUT2D eigenvalue weighted by Crippen LogP contribution is 2.23. The third-order valence-corrected chi connectivity index (χ3v) is 4.39. The average molecular weight is 411 g/mol. The number of rotatable bonds is 10. The van der Waals surface area contributed by atoms with Crippen LogP contribution in [0, 0.1) is 5.92 Å². The fourth-order valence-electron chi connectivity index (χ4n) is 2.89. The Bertz CT molecular complexity index is 708. The lowest BCUT2D eigenvalue weighted by atomic mass is 9.85. The van der Waals surface area contributed by atoms with Crippen molar-refractivity contribution in [1.29, 1.82) is 0 Å². The number of hydroxylamine groups is 1. The third kappa shape index (κ3) is 6.41. The molecule has 3 amide bonds. The second kappa shape index (κ2) is 10.7. The van der Waals surface area contributed by atoms with Crippen molar-refractivity contribution in [2.24, 2.45) is 5.92 Å². The molecule has 0 aromatic heterocycles. The molecule has 6 N–H and O–H groups in total. The molecule has 0 heterocycles. The minimum absolute atomic E-state index is 0.0927. The molecule has 1 rings (SSSR count). The molecule has 162 valence electrons. The number of methoxy groups -OCH3 is 1. The molecule has 3 unspecified atom stereocenters. The van der Waals surface area contributed by atoms with Gasteiger partial charge in [0.25, 0.3) is 11.8 Å². The number of benzene rings is 1. The number of amides is 3. The van der Waals surface area contributed by atoms with Crippen LogP contribution in [0.5, 0.6) is 5.75 Å². The van der Waals surface area contributed by atoms with E-state index in [9.17, 15) is 24.6 Å². The van der Waals surface area contributed by atoms with E-state index in [-0.39, 0.29) is 18.8 Å². The monoisotopic (exact) mass is 411 g/mol. The Morgan fingerprint density at radius 1 is 1.14 bits per heavy atom. The number of aliphatic hydroxyl groups is 2. The summed E-state index contributed by atoms with van der Waals surface area (Å²) in [5.41, 5.74) is -0.623. The van der Waals surface area contributed by atoms with Crippen molar-refractivity contribution in [1.82, 2.24) is 16.1 Å². The second-order valence-electron chi connectivity index (χ2n) is 7.09. The molecule has 3 atom stereocenters. The molecule has 29 heavy (non-hydrogen) atoms. The predicted molar refractivity (Wildman–Crippen MR) is 103 cm³/mol. The highest BCUT2D eigenvalue weighted by Gasteiger charge is 2.48. The predicted octanol–water partition coefficient (Wildman–Crippen LogP) is -0.888. The van der Waals surface area contributed by atoms with Crippen LogP contribution < -0.4 is 20.9 Å². The van der Waals surface area contributed by atoms with Crippen LogP contribution in [0.1, 0.15) is 25.8 Å². The molecule has 0 radical (unpaired) electrons. The molecule has 1 aromatic rings. The van der Waals surface area contributed by atoms with Gasteiger partial charge in [-0.3, -0.25) is 19.6 Å². The Balaban J connectivity index is 3.11. The third-order valence-electron chi connectivity index (χ3n) is 4.39. The Morgan fingerprint density at radius 2 is 1.72 bits per heavy atom. The van der Waals surface area contributed by atoms with Gasteiger partial charge in [-0.05, 0) is 30.0 Å². The molecule has 0 saturated heterocycles. The number of carbonyl (C=O) groups excluding carboxylic acids is 3. The molecule has 0 saturated carbocycles. The maximum Gasteiger partial charge on any atom is 0.275 e. The van der Waals surface area contributed by atoms with Crippen LogP contribution in [-0.4, -0.2) is 65.0 Å². The van der Waals surface area contributed by atoms with E-state index in [0.717, 1.165) is 0 Å².